The predicted molar refractivity (Wildman–Crippen MR) is 128 cm³/mol. The number of halogens is 1. The second kappa shape index (κ2) is 8.95. The van der Waals surface area contributed by atoms with E-state index in [1.54, 1.807) is 25.4 Å². The number of ketones is 1. The van der Waals surface area contributed by atoms with Gasteiger partial charge in [-0.2, -0.15) is 4.31 Å². The molecule has 178 valence electrons. The minimum absolute atomic E-state index is 0.000835. The molecule has 35 heavy (non-hydrogen) atoms. The summed E-state index contributed by atoms with van der Waals surface area (Å²) in [6.07, 6.45) is 5.21. The lowest BCUT2D eigenvalue weighted by molar-refractivity contribution is -0.122. The first kappa shape index (κ1) is 23.3. The Labute approximate surface area is 203 Å². The first-order chi connectivity index (χ1) is 16.8. The standard InChI is InChI=1S/C26H23FN4O3S/c1-16-29-14-20(15-30-16)17-3-9-24(28-2)18(11-17)4-10-25(32)26-19-12-22(13-19)31(26)35(33,34)23-7-5-21(27)6-8-23/h3,5-9,11,14-15,19,22,26H,4,10,12-13H2,1H3/t19?,22?,26-/m0/s1. The van der Waals surface area contributed by atoms with Gasteiger partial charge in [-0.15, -0.1) is 0 Å². The number of rotatable bonds is 7. The molecule has 6 rings (SSSR count). The third kappa shape index (κ3) is 4.24. The molecule has 9 heteroatoms. The Morgan fingerprint density at radius 2 is 1.80 bits per heavy atom. The van der Waals surface area contributed by atoms with Gasteiger partial charge in [0, 0.05) is 30.4 Å². The van der Waals surface area contributed by atoms with Crippen LogP contribution in [0.3, 0.4) is 0 Å². The van der Waals surface area contributed by atoms with E-state index < -0.39 is 21.9 Å². The molecule has 2 aromatic carbocycles. The van der Waals surface area contributed by atoms with Crippen LogP contribution >= 0.6 is 0 Å². The summed E-state index contributed by atoms with van der Waals surface area (Å²) in [6, 6.07) is 9.21. The normalized spacial score (nSPS) is 21.3. The molecule has 0 amide bonds. The SMILES string of the molecule is [C-]#[N+]c1ccc(-c2cnc(C)nc2)cc1CCC(=O)[C@@H]1C2CC(C2)N1S(=O)(=O)c1ccc(F)cc1. The van der Waals surface area contributed by atoms with Gasteiger partial charge in [-0.25, -0.2) is 27.6 Å². The Hall–Kier alpha value is -3.48. The van der Waals surface area contributed by atoms with E-state index in [4.69, 9.17) is 6.57 Å². The maximum absolute atomic E-state index is 13.3. The summed E-state index contributed by atoms with van der Waals surface area (Å²) in [5.74, 6) is -0.00966. The first-order valence-electron chi connectivity index (χ1n) is 11.4. The topological polar surface area (TPSA) is 84.6 Å². The van der Waals surface area contributed by atoms with E-state index in [-0.39, 0.29) is 29.1 Å². The van der Waals surface area contributed by atoms with Gasteiger partial charge in [0.2, 0.25) is 10.0 Å². The highest BCUT2D eigenvalue weighted by Crippen LogP contribution is 2.49. The summed E-state index contributed by atoms with van der Waals surface area (Å²) >= 11 is 0. The number of aromatic nitrogens is 2. The second-order valence-electron chi connectivity index (χ2n) is 9.06. The van der Waals surface area contributed by atoms with E-state index in [9.17, 15) is 17.6 Å². The smallest absolute Gasteiger partial charge is 0.243 e. The minimum atomic E-state index is -3.92. The summed E-state index contributed by atoms with van der Waals surface area (Å²) in [5.41, 5.74) is 2.85. The fourth-order valence-electron chi connectivity index (χ4n) is 5.03. The Morgan fingerprint density at radius 1 is 1.11 bits per heavy atom. The largest absolute Gasteiger partial charge is 0.298 e. The van der Waals surface area contributed by atoms with Crippen molar-refractivity contribution >= 4 is 21.5 Å². The Bertz CT molecular complexity index is 1430. The van der Waals surface area contributed by atoms with Gasteiger partial charge in [0.25, 0.3) is 0 Å². The van der Waals surface area contributed by atoms with Crippen LogP contribution in [-0.4, -0.2) is 40.6 Å². The summed E-state index contributed by atoms with van der Waals surface area (Å²) in [6.45, 7) is 9.31. The van der Waals surface area contributed by atoms with E-state index >= 15 is 0 Å². The molecular formula is C26H23FN4O3S. The Balaban J connectivity index is 1.36. The van der Waals surface area contributed by atoms with Crippen LogP contribution in [0.1, 0.15) is 30.7 Å². The third-order valence-electron chi connectivity index (χ3n) is 6.90. The molecule has 0 spiro atoms. The van der Waals surface area contributed by atoms with Crippen molar-refractivity contribution in [3.63, 3.8) is 0 Å². The number of Topliss-reactive ketones (excluding diaryl/α,β-unsaturated/α-hetero) is 1. The number of sulfonamides is 1. The van der Waals surface area contributed by atoms with Crippen LogP contribution in [0.4, 0.5) is 10.1 Å². The van der Waals surface area contributed by atoms with Crippen molar-refractivity contribution in [3.8, 4) is 11.1 Å². The summed E-state index contributed by atoms with van der Waals surface area (Å²) in [7, 11) is -3.92. The summed E-state index contributed by atoms with van der Waals surface area (Å²) in [4.78, 5) is 25.3. The van der Waals surface area contributed by atoms with Crippen molar-refractivity contribution in [2.45, 2.75) is 49.6 Å². The highest BCUT2D eigenvalue weighted by molar-refractivity contribution is 7.89. The van der Waals surface area contributed by atoms with Crippen molar-refractivity contribution in [1.82, 2.24) is 14.3 Å². The molecule has 3 aromatic rings. The van der Waals surface area contributed by atoms with Crippen LogP contribution in [0.5, 0.6) is 0 Å². The van der Waals surface area contributed by atoms with E-state index in [0.717, 1.165) is 28.8 Å². The van der Waals surface area contributed by atoms with Gasteiger partial charge in [-0.05, 0) is 67.5 Å². The van der Waals surface area contributed by atoms with Crippen molar-refractivity contribution in [2.24, 2.45) is 5.92 Å². The zero-order chi connectivity index (χ0) is 24.7. The molecule has 3 fully saturated rings. The zero-order valence-electron chi connectivity index (χ0n) is 19.1. The minimum Gasteiger partial charge on any atom is -0.298 e. The van der Waals surface area contributed by atoms with Crippen LogP contribution in [-0.2, 0) is 21.2 Å². The lowest BCUT2D eigenvalue weighted by atomic mass is 9.81. The maximum Gasteiger partial charge on any atom is 0.243 e. The molecule has 0 unspecified atom stereocenters. The number of fused-ring (bicyclic) bond motifs is 1. The molecule has 0 N–H and O–H groups in total. The molecule has 1 atom stereocenters. The summed E-state index contributed by atoms with van der Waals surface area (Å²) in [5, 5.41) is 0. The molecule has 2 aliphatic heterocycles. The van der Waals surface area contributed by atoms with Gasteiger partial charge in [0.1, 0.15) is 11.6 Å². The van der Waals surface area contributed by atoms with Gasteiger partial charge in [-0.1, -0.05) is 18.2 Å². The molecule has 3 aliphatic rings. The quantitative estimate of drug-likeness (QED) is 0.456. The lowest BCUT2D eigenvalue weighted by Crippen LogP contribution is -2.41. The van der Waals surface area contributed by atoms with Gasteiger partial charge in [-0.3, -0.25) is 4.79 Å². The molecule has 0 radical (unpaired) electrons. The van der Waals surface area contributed by atoms with Crippen molar-refractivity contribution in [1.29, 1.82) is 0 Å². The molecule has 3 heterocycles. The average molecular weight is 491 g/mol. The van der Waals surface area contributed by atoms with Gasteiger partial charge in [0.05, 0.1) is 17.5 Å². The molecule has 1 aromatic heterocycles. The van der Waals surface area contributed by atoms with Crippen molar-refractivity contribution < 1.29 is 17.6 Å². The van der Waals surface area contributed by atoms with E-state index in [1.165, 1.54) is 16.4 Å². The zero-order valence-corrected chi connectivity index (χ0v) is 19.9. The maximum atomic E-state index is 13.3. The van der Waals surface area contributed by atoms with Gasteiger partial charge >= 0.3 is 0 Å². The fourth-order valence-corrected chi connectivity index (χ4v) is 6.91. The second-order valence-corrected chi connectivity index (χ2v) is 10.9. The van der Waals surface area contributed by atoms with Crippen LogP contribution < -0.4 is 0 Å². The van der Waals surface area contributed by atoms with Gasteiger partial charge < -0.3 is 0 Å². The molecule has 1 saturated carbocycles. The third-order valence-corrected chi connectivity index (χ3v) is 8.85. The number of carbonyl (C=O) groups is 1. The van der Waals surface area contributed by atoms with Crippen molar-refractivity contribution in [3.05, 3.63) is 83.5 Å². The number of hydrogen-bond acceptors (Lipinski definition) is 5. The summed E-state index contributed by atoms with van der Waals surface area (Å²) < 4.78 is 41.3. The van der Waals surface area contributed by atoms with Crippen molar-refractivity contribution in [2.75, 3.05) is 0 Å². The highest BCUT2D eigenvalue weighted by Gasteiger charge is 2.57. The lowest BCUT2D eigenvalue weighted by Gasteiger charge is -2.25. The molecule has 2 saturated heterocycles. The monoisotopic (exact) mass is 490 g/mol. The first-order valence-corrected chi connectivity index (χ1v) is 12.8. The number of aryl methyl sites for hydroxylation is 2. The number of nitrogens with zero attached hydrogens (tertiary/aromatic N) is 4. The molecule has 7 nitrogen and oxygen atoms in total. The Morgan fingerprint density at radius 3 is 2.46 bits per heavy atom. The molecule has 2 bridgehead atoms. The average Bonchev–Trinajstić information content (AvgIpc) is 3.41. The molecule has 1 aliphatic carbocycles. The predicted octanol–water partition coefficient (Wildman–Crippen LogP) is 4.50. The van der Waals surface area contributed by atoms with Crippen LogP contribution in [0, 0.1) is 25.2 Å². The number of carbonyl (C=O) groups excluding carboxylic acids is 1. The van der Waals surface area contributed by atoms with E-state index in [2.05, 4.69) is 14.8 Å². The van der Waals surface area contributed by atoms with Crippen LogP contribution in [0.2, 0.25) is 0 Å². The number of hydrogen-bond donors (Lipinski definition) is 0. The number of benzene rings is 2. The van der Waals surface area contributed by atoms with Gasteiger partial charge in [0.15, 0.2) is 11.5 Å². The molecular weight excluding hydrogens is 467 g/mol. The Kier molecular flexibility index (Phi) is 5.95. The fraction of sp³-hybridized carbons (Fsp3) is 0.308. The van der Waals surface area contributed by atoms with Crippen LogP contribution in [0.25, 0.3) is 16.0 Å². The van der Waals surface area contributed by atoms with Crippen LogP contribution in [0.15, 0.2) is 59.8 Å². The van der Waals surface area contributed by atoms with E-state index in [0.29, 0.717) is 30.8 Å². The van der Waals surface area contributed by atoms with E-state index in [1.807, 2.05) is 12.1 Å². The highest BCUT2D eigenvalue weighted by atomic mass is 32.2.